The number of carbonyl (C=O) groups is 1. The third-order valence-corrected chi connectivity index (χ3v) is 8.15. The van der Waals surface area contributed by atoms with Gasteiger partial charge in [-0.2, -0.15) is 0 Å². The van der Waals surface area contributed by atoms with E-state index in [0.717, 1.165) is 50.0 Å². The molecule has 0 bridgehead atoms. The molecule has 27 heavy (non-hydrogen) atoms. The van der Waals surface area contributed by atoms with Crippen LogP contribution in [0.2, 0.25) is 0 Å². The highest BCUT2D eigenvalue weighted by atomic mass is 32.2. The number of nitrogens with zero attached hydrogens (tertiary/aromatic N) is 4. The van der Waals surface area contributed by atoms with Crippen LogP contribution in [0.4, 0.5) is 5.82 Å². The van der Waals surface area contributed by atoms with Crippen LogP contribution >= 0.6 is 0 Å². The molecule has 1 aromatic heterocycles. The van der Waals surface area contributed by atoms with Gasteiger partial charge in [-0.05, 0) is 43.7 Å². The molecule has 1 amide bonds. The molecule has 8 heteroatoms. The van der Waals surface area contributed by atoms with E-state index in [1.807, 2.05) is 30.0 Å². The van der Waals surface area contributed by atoms with Crippen molar-refractivity contribution >= 4 is 21.7 Å². The van der Waals surface area contributed by atoms with Crippen LogP contribution in [0.5, 0.6) is 0 Å². The first-order chi connectivity index (χ1) is 12.9. The van der Waals surface area contributed by atoms with Crippen molar-refractivity contribution in [2.75, 3.05) is 45.2 Å². The third kappa shape index (κ3) is 3.57. The van der Waals surface area contributed by atoms with Gasteiger partial charge < -0.3 is 9.80 Å². The summed E-state index contributed by atoms with van der Waals surface area (Å²) in [7, 11) is 0.622. The Morgan fingerprint density at radius 3 is 2.41 bits per heavy atom. The Bertz CT molecular complexity index is 843. The molecule has 1 saturated heterocycles. The molecule has 0 unspecified atom stereocenters. The first-order valence-corrected chi connectivity index (χ1v) is 11.4. The maximum atomic E-state index is 13.0. The van der Waals surface area contributed by atoms with Gasteiger partial charge in [-0.25, -0.2) is 17.7 Å². The van der Waals surface area contributed by atoms with Crippen molar-refractivity contribution in [1.82, 2.24) is 14.2 Å². The third-order valence-electron chi connectivity index (χ3n) is 5.75. The fourth-order valence-corrected chi connectivity index (χ4v) is 5.87. The highest BCUT2D eigenvalue weighted by molar-refractivity contribution is 7.90. The number of pyridine rings is 1. The smallest absolute Gasteiger partial charge is 0.257 e. The molecule has 0 radical (unpaired) electrons. The molecule has 3 aliphatic rings. The summed E-state index contributed by atoms with van der Waals surface area (Å²) in [5.41, 5.74) is 2.57. The number of rotatable bonds is 4. The Balaban J connectivity index is 1.64. The van der Waals surface area contributed by atoms with E-state index in [0.29, 0.717) is 37.3 Å². The Labute approximate surface area is 161 Å². The van der Waals surface area contributed by atoms with Crippen molar-refractivity contribution in [3.8, 4) is 0 Å². The first kappa shape index (κ1) is 18.7. The number of amides is 1. The molecule has 2 fully saturated rings. The van der Waals surface area contributed by atoms with Gasteiger partial charge in [0.15, 0.2) is 0 Å². The molecule has 1 aromatic rings. The van der Waals surface area contributed by atoms with Crippen LogP contribution in [0.15, 0.2) is 6.07 Å². The quantitative estimate of drug-likeness (QED) is 0.772. The number of anilines is 1. The van der Waals surface area contributed by atoms with Crippen molar-refractivity contribution in [2.24, 2.45) is 0 Å². The topological polar surface area (TPSA) is 73.8 Å². The van der Waals surface area contributed by atoms with Crippen molar-refractivity contribution < 1.29 is 13.2 Å². The lowest BCUT2D eigenvalue weighted by Crippen LogP contribution is -2.35. The lowest BCUT2D eigenvalue weighted by atomic mass is 10.0. The lowest BCUT2D eigenvalue weighted by molar-refractivity contribution is 0.0793. The van der Waals surface area contributed by atoms with E-state index >= 15 is 0 Å². The summed E-state index contributed by atoms with van der Waals surface area (Å²) in [6.07, 6.45) is 4.87. The van der Waals surface area contributed by atoms with Crippen molar-refractivity contribution in [3.05, 3.63) is 22.9 Å². The monoisotopic (exact) mass is 392 g/mol. The van der Waals surface area contributed by atoms with Crippen molar-refractivity contribution in [1.29, 1.82) is 0 Å². The normalized spacial score (nSPS) is 21.0. The van der Waals surface area contributed by atoms with Gasteiger partial charge in [0.25, 0.3) is 5.91 Å². The van der Waals surface area contributed by atoms with E-state index < -0.39 is 10.0 Å². The van der Waals surface area contributed by atoms with Crippen LogP contribution in [0, 0.1) is 0 Å². The molecular weight excluding hydrogens is 364 g/mol. The Hall–Kier alpha value is -1.67. The minimum absolute atomic E-state index is 0.0400. The van der Waals surface area contributed by atoms with Crippen LogP contribution in [0.1, 0.15) is 47.3 Å². The predicted molar refractivity (Wildman–Crippen MR) is 105 cm³/mol. The molecule has 4 rings (SSSR count). The van der Waals surface area contributed by atoms with Gasteiger partial charge in [0.1, 0.15) is 5.82 Å². The molecular formula is C19H28N4O3S. The van der Waals surface area contributed by atoms with Crippen LogP contribution in [0.3, 0.4) is 0 Å². The number of hydrogen-bond acceptors (Lipinski definition) is 5. The Morgan fingerprint density at radius 1 is 1.11 bits per heavy atom. The second-order valence-electron chi connectivity index (χ2n) is 8.00. The van der Waals surface area contributed by atoms with E-state index in [1.165, 1.54) is 0 Å². The van der Waals surface area contributed by atoms with E-state index in [-0.39, 0.29) is 11.2 Å². The average molecular weight is 393 g/mol. The summed E-state index contributed by atoms with van der Waals surface area (Å²) in [6.45, 7) is 2.56. The SMILES string of the molecule is CN(C)c1nc2c(cc1C(=O)N1CCCC1)CCN(S(=O)(=O)C1CC1)CC2. The molecule has 0 atom stereocenters. The number of fused-ring (bicyclic) bond motifs is 1. The fourth-order valence-electron chi connectivity index (χ4n) is 4.02. The summed E-state index contributed by atoms with van der Waals surface area (Å²) in [4.78, 5) is 21.6. The largest absolute Gasteiger partial charge is 0.362 e. The molecule has 1 saturated carbocycles. The molecule has 0 aromatic carbocycles. The molecule has 7 nitrogen and oxygen atoms in total. The number of aromatic nitrogens is 1. The predicted octanol–water partition coefficient (Wildman–Crippen LogP) is 1.28. The van der Waals surface area contributed by atoms with E-state index in [1.54, 1.807) is 4.31 Å². The van der Waals surface area contributed by atoms with Gasteiger partial charge in [0.2, 0.25) is 10.0 Å². The maximum Gasteiger partial charge on any atom is 0.257 e. The van der Waals surface area contributed by atoms with Crippen LogP contribution < -0.4 is 4.90 Å². The first-order valence-electron chi connectivity index (χ1n) is 9.86. The molecule has 2 aliphatic heterocycles. The van der Waals surface area contributed by atoms with Gasteiger partial charge >= 0.3 is 0 Å². The summed E-state index contributed by atoms with van der Waals surface area (Å²) >= 11 is 0. The molecule has 148 valence electrons. The average Bonchev–Trinajstić information content (AvgIpc) is 3.40. The Kier molecular flexibility index (Phi) is 4.88. The summed E-state index contributed by atoms with van der Waals surface area (Å²) in [6, 6.07) is 1.96. The van der Waals surface area contributed by atoms with Gasteiger partial charge in [-0.15, -0.1) is 0 Å². The highest BCUT2D eigenvalue weighted by Crippen LogP contribution is 2.32. The molecule has 0 N–H and O–H groups in total. The van der Waals surface area contributed by atoms with Gasteiger partial charge in [0, 0.05) is 52.4 Å². The van der Waals surface area contributed by atoms with E-state index in [4.69, 9.17) is 4.98 Å². The Morgan fingerprint density at radius 2 is 1.78 bits per heavy atom. The number of sulfonamides is 1. The second-order valence-corrected chi connectivity index (χ2v) is 10.2. The zero-order chi connectivity index (χ0) is 19.2. The number of likely N-dealkylation sites (tertiary alicyclic amines) is 1. The summed E-state index contributed by atoms with van der Waals surface area (Å²) in [5, 5.41) is -0.184. The summed E-state index contributed by atoms with van der Waals surface area (Å²) in [5.74, 6) is 0.724. The van der Waals surface area contributed by atoms with Gasteiger partial charge in [-0.1, -0.05) is 0 Å². The minimum Gasteiger partial charge on any atom is -0.362 e. The zero-order valence-electron chi connectivity index (χ0n) is 16.1. The number of carbonyl (C=O) groups excluding carboxylic acids is 1. The van der Waals surface area contributed by atoms with Crippen LogP contribution in [-0.2, 0) is 22.9 Å². The summed E-state index contributed by atoms with van der Waals surface area (Å²) < 4.78 is 26.9. The molecule has 3 heterocycles. The maximum absolute atomic E-state index is 13.0. The standard InChI is InChI=1S/C19H28N4O3S/c1-21(2)18-16(19(24)22-9-3-4-10-22)13-14-7-11-23(12-8-17(14)20-18)27(25,26)15-5-6-15/h13,15H,3-12H2,1-2H3. The second kappa shape index (κ2) is 7.05. The van der Waals surface area contributed by atoms with E-state index in [9.17, 15) is 13.2 Å². The molecule has 1 aliphatic carbocycles. The van der Waals surface area contributed by atoms with E-state index in [2.05, 4.69) is 0 Å². The zero-order valence-corrected chi connectivity index (χ0v) is 17.0. The minimum atomic E-state index is -3.18. The van der Waals surface area contributed by atoms with Crippen molar-refractivity contribution in [3.63, 3.8) is 0 Å². The highest BCUT2D eigenvalue weighted by Gasteiger charge is 2.40. The van der Waals surface area contributed by atoms with Gasteiger partial charge in [0.05, 0.1) is 10.8 Å². The van der Waals surface area contributed by atoms with Crippen LogP contribution in [-0.4, -0.2) is 74.0 Å². The van der Waals surface area contributed by atoms with Crippen molar-refractivity contribution in [2.45, 2.75) is 43.8 Å². The van der Waals surface area contributed by atoms with Crippen LogP contribution in [0.25, 0.3) is 0 Å². The number of hydrogen-bond donors (Lipinski definition) is 0. The molecule has 0 spiro atoms. The van der Waals surface area contributed by atoms with Gasteiger partial charge in [-0.3, -0.25) is 4.79 Å². The fraction of sp³-hybridized carbons (Fsp3) is 0.684. The lowest BCUT2D eigenvalue weighted by Gasteiger charge is -2.22.